The van der Waals surface area contributed by atoms with E-state index in [4.69, 9.17) is 9.72 Å². The van der Waals surface area contributed by atoms with E-state index in [9.17, 15) is 0 Å². The molecule has 0 N–H and O–H groups in total. The zero-order chi connectivity index (χ0) is 19.1. The van der Waals surface area contributed by atoms with Crippen molar-refractivity contribution in [2.75, 3.05) is 13.7 Å². The minimum absolute atomic E-state index is 0.633. The monoisotopic (exact) mass is 388 g/mol. The highest BCUT2D eigenvalue weighted by atomic mass is 32.1. The molecular weight excluding hydrogens is 368 g/mol. The van der Waals surface area contributed by atoms with E-state index in [0.717, 1.165) is 34.0 Å². The summed E-state index contributed by atoms with van der Waals surface area (Å²) in [6, 6.07) is 14.7. The fraction of sp³-hybridized carbons (Fsp3) is 0.182. The third-order valence-electron chi connectivity index (χ3n) is 5.07. The molecule has 0 saturated heterocycles. The van der Waals surface area contributed by atoms with Crippen LogP contribution >= 0.6 is 11.3 Å². The van der Waals surface area contributed by atoms with Gasteiger partial charge < -0.3 is 13.9 Å². The number of aryl methyl sites for hydroxylation is 1. The van der Waals surface area contributed by atoms with Gasteiger partial charge in [0.1, 0.15) is 10.7 Å². The van der Waals surface area contributed by atoms with Crippen LogP contribution in [-0.2, 0) is 18.3 Å². The van der Waals surface area contributed by atoms with Gasteiger partial charge in [-0.3, -0.25) is 0 Å². The first kappa shape index (κ1) is 17.2. The van der Waals surface area contributed by atoms with Crippen LogP contribution in [-0.4, -0.2) is 32.8 Å². The molecule has 0 aliphatic carbocycles. The number of hydrogen-bond donors (Lipinski definition) is 0. The highest BCUT2D eigenvalue weighted by Crippen LogP contribution is 2.35. The van der Waals surface area contributed by atoms with E-state index < -0.39 is 0 Å². The predicted octanol–water partition coefficient (Wildman–Crippen LogP) is 4.96. The molecule has 0 aliphatic heterocycles. The Morgan fingerprint density at radius 3 is 2.93 bits per heavy atom. The van der Waals surface area contributed by atoms with E-state index in [-0.39, 0.29) is 0 Å². The van der Waals surface area contributed by atoms with Crippen LogP contribution in [0.3, 0.4) is 0 Å². The largest absolute Gasteiger partial charge is 0.383 e. The number of hydrogen-bond acceptors (Lipinski definition) is 4. The molecule has 4 heterocycles. The van der Waals surface area contributed by atoms with Crippen molar-refractivity contribution in [1.82, 2.24) is 19.1 Å². The molecule has 0 radical (unpaired) electrons. The normalized spacial score (nSPS) is 11.6. The lowest BCUT2D eigenvalue weighted by Gasteiger charge is -2.07. The van der Waals surface area contributed by atoms with Gasteiger partial charge in [0.25, 0.3) is 0 Å². The van der Waals surface area contributed by atoms with Crippen molar-refractivity contribution in [1.29, 1.82) is 0 Å². The maximum atomic E-state index is 5.31. The van der Waals surface area contributed by atoms with E-state index in [0.29, 0.717) is 6.61 Å². The van der Waals surface area contributed by atoms with Crippen molar-refractivity contribution in [3.63, 3.8) is 0 Å². The van der Waals surface area contributed by atoms with Crippen LogP contribution in [0.5, 0.6) is 0 Å². The molecule has 6 heteroatoms. The second-order valence-corrected chi connectivity index (χ2v) is 7.66. The Hall–Kier alpha value is -2.96. The van der Waals surface area contributed by atoms with Crippen molar-refractivity contribution in [2.45, 2.75) is 6.54 Å². The first-order valence-corrected chi connectivity index (χ1v) is 10.1. The number of nitrogens with zero attached hydrogens (tertiary/aromatic N) is 4. The Balaban J connectivity index is 1.63. The molecule has 0 atom stereocenters. The highest BCUT2D eigenvalue weighted by molar-refractivity contribution is 7.13. The lowest BCUT2D eigenvalue weighted by atomic mass is 10.2. The minimum Gasteiger partial charge on any atom is -0.383 e. The number of rotatable bonds is 5. The maximum Gasteiger partial charge on any atom is 0.140 e. The number of pyridine rings is 1. The van der Waals surface area contributed by atoms with Crippen LogP contribution in [0.25, 0.3) is 43.9 Å². The molecular formula is C22H20N4OS. The maximum absolute atomic E-state index is 5.31. The van der Waals surface area contributed by atoms with Gasteiger partial charge in [-0.1, -0.05) is 18.2 Å². The summed E-state index contributed by atoms with van der Waals surface area (Å²) in [6.45, 7) is 1.38. The Bertz CT molecular complexity index is 1280. The third kappa shape index (κ3) is 2.73. The van der Waals surface area contributed by atoms with Crippen molar-refractivity contribution in [3.8, 4) is 22.0 Å². The van der Waals surface area contributed by atoms with E-state index in [1.165, 1.54) is 16.5 Å². The van der Waals surface area contributed by atoms with Crippen LogP contribution in [0.4, 0.5) is 0 Å². The van der Waals surface area contributed by atoms with Crippen molar-refractivity contribution in [2.24, 2.45) is 7.05 Å². The van der Waals surface area contributed by atoms with Crippen LogP contribution in [0.2, 0.25) is 0 Å². The number of thiazole rings is 1. The second kappa shape index (κ2) is 6.89. The summed E-state index contributed by atoms with van der Waals surface area (Å²) in [4.78, 5) is 9.56. The van der Waals surface area contributed by atoms with Gasteiger partial charge in [-0.15, -0.1) is 11.3 Å². The quantitative estimate of drug-likeness (QED) is 0.427. The standard InChI is InChI=1S/C22H20N4OS/c1-25-13-17(16-7-3-4-8-19(16)25)22-24-18(14-28-22)20-12-15-6-5-9-23-21(15)26(20)10-11-27-2/h3-9,12-14H,10-11H2,1-2H3. The molecule has 0 saturated carbocycles. The first-order chi connectivity index (χ1) is 13.8. The summed E-state index contributed by atoms with van der Waals surface area (Å²) in [6.07, 6.45) is 3.99. The van der Waals surface area contributed by atoms with Crippen LogP contribution in [0, 0.1) is 0 Å². The molecule has 0 amide bonds. The zero-order valence-corrected chi connectivity index (χ0v) is 16.6. The summed E-state index contributed by atoms with van der Waals surface area (Å²) in [5.74, 6) is 0. The van der Waals surface area contributed by atoms with E-state index in [2.05, 4.69) is 69.1 Å². The number of aromatic nitrogens is 4. The molecule has 5 nitrogen and oxygen atoms in total. The lowest BCUT2D eigenvalue weighted by molar-refractivity contribution is 0.188. The molecule has 140 valence electrons. The van der Waals surface area contributed by atoms with Crippen molar-refractivity contribution in [3.05, 3.63) is 60.2 Å². The number of methoxy groups -OCH3 is 1. The first-order valence-electron chi connectivity index (χ1n) is 9.20. The summed E-state index contributed by atoms with van der Waals surface area (Å²) in [5.41, 5.74) is 5.41. The molecule has 5 rings (SSSR count). The minimum atomic E-state index is 0.633. The van der Waals surface area contributed by atoms with Crippen molar-refractivity contribution < 1.29 is 4.74 Å². The Morgan fingerprint density at radius 2 is 2.04 bits per heavy atom. The van der Waals surface area contributed by atoms with Crippen LogP contribution < -0.4 is 0 Å². The molecule has 28 heavy (non-hydrogen) atoms. The van der Waals surface area contributed by atoms with E-state index in [1.807, 2.05) is 12.3 Å². The predicted molar refractivity (Wildman–Crippen MR) is 115 cm³/mol. The summed E-state index contributed by atoms with van der Waals surface area (Å²) >= 11 is 1.68. The molecule has 1 aromatic carbocycles. The number of fused-ring (bicyclic) bond motifs is 2. The molecule has 0 unspecified atom stereocenters. The Kier molecular flexibility index (Phi) is 4.22. The van der Waals surface area contributed by atoms with Gasteiger partial charge in [0.05, 0.1) is 18.0 Å². The van der Waals surface area contributed by atoms with Gasteiger partial charge in [-0.05, 0) is 24.3 Å². The van der Waals surface area contributed by atoms with Crippen molar-refractivity contribution >= 4 is 33.3 Å². The SMILES string of the molecule is COCCn1c(-c2csc(-c3cn(C)c4ccccc34)n2)cc2cccnc21. The topological polar surface area (TPSA) is 44.9 Å². The van der Waals surface area contributed by atoms with Gasteiger partial charge >= 0.3 is 0 Å². The fourth-order valence-corrected chi connectivity index (χ4v) is 4.57. The average Bonchev–Trinajstić information content (AvgIpc) is 3.42. The highest BCUT2D eigenvalue weighted by Gasteiger charge is 2.17. The zero-order valence-electron chi connectivity index (χ0n) is 15.8. The summed E-state index contributed by atoms with van der Waals surface area (Å²) in [5, 5.41) is 5.51. The van der Waals surface area contributed by atoms with Crippen LogP contribution in [0.1, 0.15) is 0 Å². The van der Waals surface area contributed by atoms with E-state index in [1.54, 1.807) is 18.4 Å². The van der Waals surface area contributed by atoms with E-state index >= 15 is 0 Å². The number of ether oxygens (including phenoxy) is 1. The van der Waals surface area contributed by atoms with Gasteiger partial charge in [0.2, 0.25) is 0 Å². The molecule has 5 aromatic rings. The lowest BCUT2D eigenvalue weighted by Crippen LogP contribution is -2.06. The van der Waals surface area contributed by atoms with Gasteiger partial charge in [0, 0.05) is 60.3 Å². The number of benzene rings is 1. The Labute approximate surface area is 166 Å². The van der Waals surface area contributed by atoms with Gasteiger partial charge in [0.15, 0.2) is 0 Å². The molecule has 0 fully saturated rings. The fourth-order valence-electron chi connectivity index (χ4n) is 3.74. The smallest absolute Gasteiger partial charge is 0.140 e. The molecule has 0 spiro atoms. The van der Waals surface area contributed by atoms with Crippen LogP contribution in [0.15, 0.2) is 60.2 Å². The van der Waals surface area contributed by atoms with Gasteiger partial charge in [-0.2, -0.15) is 0 Å². The third-order valence-corrected chi connectivity index (χ3v) is 5.94. The molecule has 4 aromatic heterocycles. The number of para-hydroxylation sites is 1. The Morgan fingerprint density at radius 1 is 1.14 bits per heavy atom. The molecule has 0 bridgehead atoms. The molecule has 0 aliphatic rings. The average molecular weight is 388 g/mol. The summed E-state index contributed by atoms with van der Waals surface area (Å²) in [7, 11) is 3.80. The second-order valence-electron chi connectivity index (χ2n) is 6.80. The van der Waals surface area contributed by atoms with Gasteiger partial charge in [-0.25, -0.2) is 9.97 Å². The summed E-state index contributed by atoms with van der Waals surface area (Å²) < 4.78 is 9.66.